The second-order valence-corrected chi connectivity index (χ2v) is 7.25. The number of nitrogens with one attached hydrogen (secondary N) is 2. The molecular formula is C16H18N4O4S. The van der Waals surface area contributed by atoms with Gasteiger partial charge in [-0.2, -0.15) is 5.10 Å². The first-order chi connectivity index (χ1) is 11.9. The van der Waals surface area contributed by atoms with Gasteiger partial charge in [-0.05, 0) is 30.7 Å². The minimum absolute atomic E-state index is 0.0238. The standard InChI is InChI=1S/C16H18N4O4S/c1-4-15-17-18-16(21)13-8-11(9-20(13)15)25(22,23)19-12-7-10(2)5-6-14(12)24-3/h5-9,19H,4H2,1-3H3,(H,18,21). The van der Waals surface area contributed by atoms with Crippen LogP contribution < -0.4 is 15.0 Å². The first kappa shape index (κ1) is 17.0. The minimum Gasteiger partial charge on any atom is -0.495 e. The molecular weight excluding hydrogens is 344 g/mol. The Balaban J connectivity index is 2.10. The van der Waals surface area contributed by atoms with E-state index in [1.54, 1.807) is 12.1 Å². The lowest BCUT2D eigenvalue weighted by Crippen LogP contribution is -2.14. The van der Waals surface area contributed by atoms with Crippen molar-refractivity contribution in [3.05, 3.63) is 52.2 Å². The Labute approximate surface area is 144 Å². The molecule has 0 unspecified atom stereocenters. The van der Waals surface area contributed by atoms with Crippen LogP contribution in [0.1, 0.15) is 18.3 Å². The first-order valence-corrected chi connectivity index (χ1v) is 9.11. The quantitative estimate of drug-likeness (QED) is 0.719. The number of rotatable bonds is 5. The molecule has 132 valence electrons. The van der Waals surface area contributed by atoms with Crippen LogP contribution in [-0.2, 0) is 16.4 Å². The normalized spacial score (nSPS) is 11.6. The Bertz CT molecular complexity index is 1100. The van der Waals surface area contributed by atoms with E-state index >= 15 is 0 Å². The molecule has 0 atom stereocenters. The number of nitrogens with zero attached hydrogens (tertiary/aromatic N) is 2. The molecule has 1 aromatic carbocycles. The molecule has 0 spiro atoms. The van der Waals surface area contributed by atoms with Crippen LogP contribution in [0.5, 0.6) is 5.75 Å². The van der Waals surface area contributed by atoms with Crippen molar-refractivity contribution in [1.29, 1.82) is 0 Å². The molecule has 3 rings (SSSR count). The number of aryl methyl sites for hydroxylation is 2. The predicted octanol–water partition coefficient (Wildman–Crippen LogP) is 1.70. The number of benzene rings is 1. The van der Waals surface area contributed by atoms with Gasteiger partial charge in [0.25, 0.3) is 15.6 Å². The molecule has 2 heterocycles. The van der Waals surface area contributed by atoms with Crippen LogP contribution in [0, 0.1) is 6.92 Å². The van der Waals surface area contributed by atoms with Gasteiger partial charge in [0.15, 0.2) is 0 Å². The van der Waals surface area contributed by atoms with Gasteiger partial charge in [0, 0.05) is 12.6 Å². The summed E-state index contributed by atoms with van der Waals surface area (Å²) in [4.78, 5) is 11.9. The van der Waals surface area contributed by atoms with Crippen LogP contribution in [0.2, 0.25) is 0 Å². The van der Waals surface area contributed by atoms with Gasteiger partial charge in [-0.3, -0.25) is 13.9 Å². The highest BCUT2D eigenvalue weighted by Crippen LogP contribution is 2.28. The van der Waals surface area contributed by atoms with Crippen molar-refractivity contribution in [1.82, 2.24) is 14.6 Å². The summed E-state index contributed by atoms with van der Waals surface area (Å²) in [7, 11) is -2.43. The summed E-state index contributed by atoms with van der Waals surface area (Å²) in [6.45, 7) is 3.72. The van der Waals surface area contributed by atoms with Crippen LogP contribution in [0.25, 0.3) is 5.52 Å². The van der Waals surface area contributed by atoms with Gasteiger partial charge in [0.1, 0.15) is 22.0 Å². The van der Waals surface area contributed by atoms with E-state index in [1.807, 2.05) is 19.9 Å². The molecule has 0 saturated carbocycles. The molecule has 0 aliphatic carbocycles. The number of fused-ring (bicyclic) bond motifs is 1. The van der Waals surface area contributed by atoms with Crippen molar-refractivity contribution in [2.24, 2.45) is 0 Å². The molecule has 2 aromatic heterocycles. The molecule has 9 heteroatoms. The number of anilines is 1. The first-order valence-electron chi connectivity index (χ1n) is 7.63. The average Bonchev–Trinajstić information content (AvgIpc) is 3.02. The van der Waals surface area contributed by atoms with E-state index in [9.17, 15) is 13.2 Å². The number of sulfonamides is 1. The summed E-state index contributed by atoms with van der Waals surface area (Å²) in [5.74, 6) is 0.968. The lowest BCUT2D eigenvalue weighted by molar-refractivity contribution is 0.417. The number of aromatic amines is 1. The smallest absolute Gasteiger partial charge is 0.288 e. The van der Waals surface area contributed by atoms with Crippen LogP contribution in [0.4, 0.5) is 5.69 Å². The zero-order valence-electron chi connectivity index (χ0n) is 14.0. The lowest BCUT2D eigenvalue weighted by atomic mass is 10.2. The second kappa shape index (κ2) is 6.25. The summed E-state index contributed by atoms with van der Waals surface area (Å²) >= 11 is 0. The van der Waals surface area contributed by atoms with Gasteiger partial charge >= 0.3 is 0 Å². The van der Waals surface area contributed by atoms with E-state index < -0.39 is 15.6 Å². The summed E-state index contributed by atoms with van der Waals surface area (Å²) in [5.41, 5.74) is 0.991. The van der Waals surface area contributed by atoms with Crippen molar-refractivity contribution < 1.29 is 13.2 Å². The Hall–Kier alpha value is -2.81. The van der Waals surface area contributed by atoms with Crippen LogP contribution in [0.15, 0.2) is 40.2 Å². The number of methoxy groups -OCH3 is 1. The highest BCUT2D eigenvalue weighted by molar-refractivity contribution is 7.92. The van der Waals surface area contributed by atoms with Crippen molar-refractivity contribution in [3.63, 3.8) is 0 Å². The lowest BCUT2D eigenvalue weighted by Gasteiger charge is -2.11. The van der Waals surface area contributed by atoms with Crippen molar-refractivity contribution in [2.45, 2.75) is 25.2 Å². The number of ether oxygens (including phenoxy) is 1. The Morgan fingerprint density at radius 2 is 2.08 bits per heavy atom. The average molecular weight is 362 g/mol. The maximum absolute atomic E-state index is 12.7. The Morgan fingerprint density at radius 3 is 2.76 bits per heavy atom. The van der Waals surface area contributed by atoms with E-state index in [2.05, 4.69) is 14.9 Å². The van der Waals surface area contributed by atoms with Gasteiger partial charge < -0.3 is 4.74 Å². The molecule has 0 aliphatic heterocycles. The minimum atomic E-state index is -3.90. The fourth-order valence-electron chi connectivity index (χ4n) is 2.55. The molecule has 25 heavy (non-hydrogen) atoms. The van der Waals surface area contributed by atoms with Gasteiger partial charge in [-0.1, -0.05) is 13.0 Å². The van der Waals surface area contributed by atoms with E-state index in [1.165, 1.54) is 23.8 Å². The van der Waals surface area contributed by atoms with Crippen molar-refractivity contribution in [2.75, 3.05) is 11.8 Å². The van der Waals surface area contributed by atoms with E-state index in [4.69, 9.17) is 4.74 Å². The number of H-pyrrole nitrogens is 1. The third-order valence-electron chi connectivity index (χ3n) is 3.82. The Morgan fingerprint density at radius 1 is 1.32 bits per heavy atom. The van der Waals surface area contributed by atoms with Crippen molar-refractivity contribution in [3.8, 4) is 5.75 Å². The molecule has 0 bridgehead atoms. The van der Waals surface area contributed by atoms with E-state index in [-0.39, 0.29) is 10.4 Å². The summed E-state index contributed by atoms with van der Waals surface area (Å²) in [5, 5.41) is 6.31. The molecule has 0 amide bonds. The topological polar surface area (TPSA) is 106 Å². The van der Waals surface area contributed by atoms with Crippen LogP contribution in [-0.4, -0.2) is 30.1 Å². The molecule has 0 radical (unpaired) electrons. The van der Waals surface area contributed by atoms with Gasteiger partial charge in [0.05, 0.1) is 12.8 Å². The maximum Gasteiger partial charge on any atom is 0.288 e. The summed E-state index contributed by atoms with van der Waals surface area (Å²) < 4.78 is 34.7. The Kier molecular flexibility index (Phi) is 4.25. The number of hydrogen-bond donors (Lipinski definition) is 2. The molecule has 0 fully saturated rings. The fourth-order valence-corrected chi connectivity index (χ4v) is 3.63. The van der Waals surface area contributed by atoms with Crippen LogP contribution >= 0.6 is 0 Å². The molecule has 3 aromatic rings. The molecule has 0 saturated heterocycles. The third-order valence-corrected chi connectivity index (χ3v) is 5.15. The van der Waals surface area contributed by atoms with Gasteiger partial charge in [-0.25, -0.2) is 13.5 Å². The van der Waals surface area contributed by atoms with Gasteiger partial charge in [-0.15, -0.1) is 0 Å². The number of hydrogen-bond acceptors (Lipinski definition) is 5. The monoisotopic (exact) mass is 362 g/mol. The molecule has 8 nitrogen and oxygen atoms in total. The SMILES string of the molecule is CCc1n[nH]c(=O)c2cc(S(=O)(=O)Nc3cc(C)ccc3OC)cn12. The van der Waals surface area contributed by atoms with E-state index in [0.29, 0.717) is 23.7 Å². The predicted molar refractivity (Wildman–Crippen MR) is 93.7 cm³/mol. The van der Waals surface area contributed by atoms with Crippen LogP contribution in [0.3, 0.4) is 0 Å². The highest BCUT2D eigenvalue weighted by Gasteiger charge is 2.20. The summed E-state index contributed by atoms with van der Waals surface area (Å²) in [6.07, 6.45) is 1.93. The van der Waals surface area contributed by atoms with Crippen molar-refractivity contribution >= 4 is 21.2 Å². The maximum atomic E-state index is 12.7. The third kappa shape index (κ3) is 3.10. The fraction of sp³-hybridized carbons (Fsp3) is 0.250. The van der Waals surface area contributed by atoms with Gasteiger partial charge in [0.2, 0.25) is 0 Å². The largest absolute Gasteiger partial charge is 0.495 e. The molecule has 0 aliphatic rings. The summed E-state index contributed by atoms with van der Waals surface area (Å²) in [6, 6.07) is 6.51. The zero-order valence-corrected chi connectivity index (χ0v) is 14.8. The number of aromatic nitrogens is 3. The molecule has 2 N–H and O–H groups in total. The highest BCUT2D eigenvalue weighted by atomic mass is 32.2. The second-order valence-electron chi connectivity index (χ2n) is 5.56. The van der Waals surface area contributed by atoms with E-state index in [0.717, 1.165) is 5.56 Å². The zero-order chi connectivity index (χ0) is 18.2.